The van der Waals surface area contributed by atoms with Crippen LogP contribution in [0.25, 0.3) is 0 Å². The van der Waals surface area contributed by atoms with Crippen molar-refractivity contribution in [1.29, 1.82) is 0 Å². The first-order valence-corrected chi connectivity index (χ1v) is 8.59. The molecule has 0 unspecified atom stereocenters. The molecule has 0 saturated carbocycles. The van der Waals surface area contributed by atoms with E-state index in [1.54, 1.807) is 30.3 Å². The smallest absolute Gasteiger partial charge is 0.150 e. The van der Waals surface area contributed by atoms with Crippen LogP contribution in [0, 0.1) is 0 Å². The van der Waals surface area contributed by atoms with Gasteiger partial charge in [0.2, 0.25) is 0 Å². The number of allylic oxidation sites excluding steroid dienone is 2. The predicted octanol–water partition coefficient (Wildman–Crippen LogP) is 3.65. The minimum atomic E-state index is -0.762. The summed E-state index contributed by atoms with van der Waals surface area (Å²) in [6.45, 7) is 3.99. The van der Waals surface area contributed by atoms with Gasteiger partial charge in [-0.05, 0) is 38.0 Å². The number of benzene rings is 2. The van der Waals surface area contributed by atoms with Crippen molar-refractivity contribution in [3.63, 3.8) is 0 Å². The summed E-state index contributed by atoms with van der Waals surface area (Å²) in [4.78, 5) is 0. The Balaban J connectivity index is 2.07. The van der Waals surface area contributed by atoms with E-state index in [0.29, 0.717) is 29.9 Å². The fraction of sp³-hybridized carbons (Fsp3) is 0.333. The van der Waals surface area contributed by atoms with Gasteiger partial charge in [-0.1, -0.05) is 23.8 Å². The summed E-state index contributed by atoms with van der Waals surface area (Å²) < 4.78 is 11.5. The third-order valence-corrected chi connectivity index (χ3v) is 4.59. The standard InChI is InChI=1S/C21H24O5/c1-12(2)4-9-15-17(23)11-19(25-3)16-10-18(24)20(26-21(15)16)13-5-7-14(22)8-6-13/h4-8,11,18,20,22-24H,9-10H2,1-3H3/t18-,20+/m0/s1. The van der Waals surface area contributed by atoms with Crippen molar-refractivity contribution in [1.82, 2.24) is 0 Å². The predicted molar refractivity (Wildman–Crippen MR) is 99.0 cm³/mol. The van der Waals surface area contributed by atoms with Crippen LogP contribution in [0.3, 0.4) is 0 Å². The van der Waals surface area contributed by atoms with Crippen LogP contribution in [-0.2, 0) is 12.8 Å². The average molecular weight is 356 g/mol. The molecule has 0 fully saturated rings. The van der Waals surface area contributed by atoms with Gasteiger partial charge in [0.25, 0.3) is 0 Å². The molecule has 2 aromatic carbocycles. The molecule has 138 valence electrons. The minimum absolute atomic E-state index is 0.110. The van der Waals surface area contributed by atoms with E-state index in [0.717, 1.165) is 16.7 Å². The minimum Gasteiger partial charge on any atom is -0.508 e. The van der Waals surface area contributed by atoms with E-state index in [1.165, 1.54) is 7.11 Å². The lowest BCUT2D eigenvalue weighted by Gasteiger charge is -2.33. The number of methoxy groups -OCH3 is 1. The van der Waals surface area contributed by atoms with Crippen molar-refractivity contribution in [2.45, 2.75) is 38.9 Å². The van der Waals surface area contributed by atoms with Crippen molar-refractivity contribution < 1.29 is 24.8 Å². The Morgan fingerprint density at radius 1 is 1.23 bits per heavy atom. The Bertz CT molecular complexity index is 819. The quantitative estimate of drug-likeness (QED) is 0.729. The SMILES string of the molecule is COc1cc(O)c(CC=C(C)C)c2c1C[C@H](O)[C@@H](c1ccc(O)cc1)O2. The molecule has 0 aromatic heterocycles. The number of aromatic hydroxyl groups is 2. The molecule has 5 nitrogen and oxygen atoms in total. The van der Waals surface area contributed by atoms with Crippen molar-refractivity contribution in [2.75, 3.05) is 7.11 Å². The van der Waals surface area contributed by atoms with Crippen molar-refractivity contribution >= 4 is 0 Å². The number of hydrogen-bond donors (Lipinski definition) is 3. The largest absolute Gasteiger partial charge is 0.508 e. The van der Waals surface area contributed by atoms with Crippen molar-refractivity contribution in [3.8, 4) is 23.0 Å². The summed E-state index contributed by atoms with van der Waals surface area (Å²) in [6.07, 6.45) is 1.55. The third-order valence-electron chi connectivity index (χ3n) is 4.59. The van der Waals surface area contributed by atoms with Gasteiger partial charge in [0.15, 0.2) is 0 Å². The fourth-order valence-corrected chi connectivity index (χ4v) is 3.21. The summed E-state index contributed by atoms with van der Waals surface area (Å²) >= 11 is 0. The maximum atomic E-state index is 10.6. The molecule has 26 heavy (non-hydrogen) atoms. The molecule has 0 bridgehead atoms. The first-order chi connectivity index (χ1) is 12.4. The molecule has 2 aromatic rings. The maximum Gasteiger partial charge on any atom is 0.150 e. The van der Waals surface area contributed by atoms with E-state index in [-0.39, 0.29) is 11.5 Å². The van der Waals surface area contributed by atoms with Crippen molar-refractivity contribution in [2.24, 2.45) is 0 Å². The Hall–Kier alpha value is -2.66. The molecule has 3 rings (SSSR count). The molecule has 1 aliphatic rings. The number of phenols is 2. The monoisotopic (exact) mass is 356 g/mol. The highest BCUT2D eigenvalue weighted by molar-refractivity contribution is 5.59. The number of fused-ring (bicyclic) bond motifs is 1. The van der Waals surface area contributed by atoms with Crippen LogP contribution >= 0.6 is 0 Å². The van der Waals surface area contributed by atoms with E-state index in [9.17, 15) is 15.3 Å². The lowest BCUT2D eigenvalue weighted by molar-refractivity contribution is 0.0191. The second-order valence-corrected chi connectivity index (χ2v) is 6.77. The lowest BCUT2D eigenvalue weighted by atomic mass is 9.91. The second kappa shape index (κ2) is 7.30. The third kappa shape index (κ3) is 3.48. The molecule has 0 aliphatic carbocycles. The van der Waals surface area contributed by atoms with Gasteiger partial charge in [-0.2, -0.15) is 0 Å². The second-order valence-electron chi connectivity index (χ2n) is 6.77. The summed E-state index contributed by atoms with van der Waals surface area (Å²) in [5.74, 6) is 1.33. The number of aliphatic hydroxyl groups excluding tert-OH is 1. The number of hydrogen-bond acceptors (Lipinski definition) is 5. The summed E-state index contributed by atoms with van der Waals surface area (Å²) in [5.41, 5.74) is 3.33. The average Bonchev–Trinajstić information content (AvgIpc) is 2.61. The van der Waals surface area contributed by atoms with Gasteiger partial charge < -0.3 is 24.8 Å². The Morgan fingerprint density at radius 3 is 2.54 bits per heavy atom. The highest BCUT2D eigenvalue weighted by Crippen LogP contribution is 2.46. The molecule has 2 atom stereocenters. The molecule has 0 saturated heterocycles. The molecule has 1 heterocycles. The lowest BCUT2D eigenvalue weighted by Crippen LogP contribution is -2.31. The number of ether oxygens (including phenoxy) is 2. The zero-order chi connectivity index (χ0) is 18.8. The van der Waals surface area contributed by atoms with E-state index in [1.807, 2.05) is 19.9 Å². The summed E-state index contributed by atoms with van der Waals surface area (Å²) in [5, 5.41) is 30.6. The van der Waals surface area contributed by atoms with E-state index in [2.05, 4.69) is 0 Å². The van der Waals surface area contributed by atoms with Gasteiger partial charge in [0.1, 0.15) is 29.1 Å². The highest BCUT2D eigenvalue weighted by Gasteiger charge is 2.34. The fourth-order valence-electron chi connectivity index (χ4n) is 3.21. The zero-order valence-corrected chi connectivity index (χ0v) is 15.2. The van der Waals surface area contributed by atoms with Gasteiger partial charge in [0.05, 0.1) is 13.2 Å². The molecule has 0 radical (unpaired) electrons. The van der Waals surface area contributed by atoms with Crippen LogP contribution in [0.15, 0.2) is 42.0 Å². The zero-order valence-electron chi connectivity index (χ0n) is 15.2. The van der Waals surface area contributed by atoms with Crippen LogP contribution in [0.5, 0.6) is 23.0 Å². The Labute approximate surface area is 153 Å². The molecule has 3 N–H and O–H groups in total. The van der Waals surface area contributed by atoms with Crippen LogP contribution in [0.2, 0.25) is 0 Å². The first kappa shape index (κ1) is 18.1. The Morgan fingerprint density at radius 2 is 1.92 bits per heavy atom. The molecule has 0 amide bonds. The number of aliphatic hydroxyl groups is 1. The van der Waals surface area contributed by atoms with Gasteiger partial charge in [0, 0.05) is 23.6 Å². The van der Waals surface area contributed by atoms with Crippen molar-refractivity contribution in [3.05, 3.63) is 58.7 Å². The van der Waals surface area contributed by atoms with Gasteiger partial charge in [-0.15, -0.1) is 0 Å². The van der Waals surface area contributed by atoms with E-state index in [4.69, 9.17) is 9.47 Å². The van der Waals surface area contributed by atoms with Crippen LogP contribution in [0.1, 0.15) is 36.6 Å². The molecular weight excluding hydrogens is 332 g/mol. The highest BCUT2D eigenvalue weighted by atomic mass is 16.5. The molecular formula is C21H24O5. The van der Waals surface area contributed by atoms with Crippen LogP contribution < -0.4 is 9.47 Å². The van der Waals surface area contributed by atoms with Gasteiger partial charge in [-0.3, -0.25) is 0 Å². The van der Waals surface area contributed by atoms with E-state index < -0.39 is 12.2 Å². The van der Waals surface area contributed by atoms with E-state index >= 15 is 0 Å². The normalized spacial score (nSPS) is 18.6. The number of phenolic OH excluding ortho intramolecular Hbond substituents is 2. The molecule has 1 aliphatic heterocycles. The van der Waals surface area contributed by atoms with Crippen LogP contribution in [-0.4, -0.2) is 28.5 Å². The first-order valence-electron chi connectivity index (χ1n) is 8.59. The van der Waals surface area contributed by atoms with Gasteiger partial charge >= 0.3 is 0 Å². The molecule has 5 heteroatoms. The molecule has 0 spiro atoms. The maximum absolute atomic E-state index is 10.6. The topological polar surface area (TPSA) is 79.2 Å². The Kier molecular flexibility index (Phi) is 5.09. The van der Waals surface area contributed by atoms with Crippen LogP contribution in [0.4, 0.5) is 0 Å². The van der Waals surface area contributed by atoms with Gasteiger partial charge in [-0.25, -0.2) is 0 Å². The summed E-state index contributed by atoms with van der Waals surface area (Å²) in [7, 11) is 1.53. The summed E-state index contributed by atoms with van der Waals surface area (Å²) in [6, 6.07) is 8.15. The number of rotatable bonds is 4.